The Morgan fingerprint density at radius 2 is 2.11 bits per heavy atom. The molecule has 0 aliphatic carbocycles. The van der Waals surface area contributed by atoms with Crippen LogP contribution in [0.25, 0.3) is 0 Å². The lowest BCUT2D eigenvalue weighted by Gasteiger charge is -2.36. The van der Waals surface area contributed by atoms with Crippen LogP contribution in [0, 0.1) is 0 Å². The van der Waals surface area contributed by atoms with Gasteiger partial charge in [-0.05, 0) is 19.3 Å². The molecule has 0 bridgehead atoms. The molecular formula is C10H23O6PS. The summed E-state index contributed by atoms with van der Waals surface area (Å²) in [6.07, 6.45) is 1.83. The van der Waals surface area contributed by atoms with Gasteiger partial charge < -0.3 is 18.2 Å². The van der Waals surface area contributed by atoms with Gasteiger partial charge in [-0.2, -0.15) is 0 Å². The maximum Gasteiger partial charge on any atom is 0.330 e. The Labute approximate surface area is 110 Å². The average Bonchev–Trinajstić information content (AvgIpc) is 2.25. The number of rotatable bonds is 7. The topological polar surface area (TPSA) is 85.2 Å². The first kappa shape index (κ1) is 16.4. The van der Waals surface area contributed by atoms with Gasteiger partial charge in [-0.3, -0.25) is 8.75 Å². The highest BCUT2D eigenvalue weighted by molar-refractivity contribution is 8.20. The zero-order chi connectivity index (χ0) is 13.6. The van der Waals surface area contributed by atoms with Crippen molar-refractivity contribution < 1.29 is 26.9 Å². The summed E-state index contributed by atoms with van der Waals surface area (Å²) < 4.78 is 47.0. The molecule has 1 heterocycles. The van der Waals surface area contributed by atoms with E-state index in [2.05, 4.69) is 0 Å². The van der Waals surface area contributed by atoms with E-state index in [0.29, 0.717) is 25.6 Å². The van der Waals surface area contributed by atoms with Gasteiger partial charge in [0.15, 0.2) is 0 Å². The largest absolute Gasteiger partial charge is 0.330 e. The minimum atomic E-state index is -3.13. The summed E-state index contributed by atoms with van der Waals surface area (Å²) in [4.78, 5) is 0. The lowest BCUT2D eigenvalue weighted by Crippen LogP contribution is -2.30. The first-order chi connectivity index (χ1) is 8.41. The average molecular weight is 302 g/mol. The third-order valence-corrected chi connectivity index (χ3v) is 5.95. The van der Waals surface area contributed by atoms with E-state index in [4.69, 9.17) is 13.2 Å². The SMILES string of the molecule is CCCOP(=O)(CCC)OC1CCOS(O)(O)C1. The summed E-state index contributed by atoms with van der Waals surface area (Å²) in [5.74, 6) is -0.0316. The molecule has 2 unspecified atom stereocenters. The predicted molar refractivity (Wildman–Crippen MR) is 72.2 cm³/mol. The monoisotopic (exact) mass is 302 g/mol. The van der Waals surface area contributed by atoms with Gasteiger partial charge in [-0.25, -0.2) is 0 Å². The molecule has 0 spiro atoms. The normalized spacial score (nSPS) is 28.6. The Morgan fingerprint density at radius 3 is 2.67 bits per heavy atom. The second-order valence-corrected chi connectivity index (χ2v) is 8.20. The Kier molecular flexibility index (Phi) is 6.61. The van der Waals surface area contributed by atoms with E-state index >= 15 is 0 Å². The fourth-order valence-corrected chi connectivity index (χ4v) is 4.87. The van der Waals surface area contributed by atoms with Crippen LogP contribution < -0.4 is 0 Å². The second kappa shape index (κ2) is 7.24. The Bertz CT molecular complexity index is 298. The molecule has 110 valence electrons. The van der Waals surface area contributed by atoms with Gasteiger partial charge in [0.25, 0.3) is 0 Å². The first-order valence-corrected chi connectivity index (χ1v) is 9.60. The van der Waals surface area contributed by atoms with Crippen molar-refractivity contribution in [2.24, 2.45) is 0 Å². The predicted octanol–water partition coefficient (Wildman–Crippen LogP) is 3.49. The third kappa shape index (κ3) is 5.57. The van der Waals surface area contributed by atoms with E-state index in [-0.39, 0.29) is 12.4 Å². The molecule has 0 saturated carbocycles. The molecule has 0 amide bonds. The van der Waals surface area contributed by atoms with Gasteiger partial charge in [0.2, 0.25) is 0 Å². The highest BCUT2D eigenvalue weighted by Gasteiger charge is 2.35. The van der Waals surface area contributed by atoms with Gasteiger partial charge in [-0.1, -0.05) is 13.8 Å². The van der Waals surface area contributed by atoms with Crippen LogP contribution in [0.3, 0.4) is 0 Å². The lowest BCUT2D eigenvalue weighted by molar-refractivity contribution is 0.113. The molecule has 0 aromatic carbocycles. The molecule has 1 aliphatic rings. The third-order valence-electron chi connectivity index (χ3n) is 2.41. The minimum absolute atomic E-state index is 0.0316. The van der Waals surface area contributed by atoms with Crippen LogP contribution in [0.1, 0.15) is 33.1 Å². The fourth-order valence-electron chi connectivity index (χ4n) is 1.65. The van der Waals surface area contributed by atoms with Crippen LogP contribution >= 0.6 is 18.5 Å². The van der Waals surface area contributed by atoms with E-state index in [1.807, 2.05) is 13.8 Å². The molecule has 0 radical (unpaired) electrons. The van der Waals surface area contributed by atoms with E-state index in [0.717, 1.165) is 6.42 Å². The van der Waals surface area contributed by atoms with Crippen molar-refractivity contribution in [2.75, 3.05) is 25.1 Å². The minimum Gasteiger partial charge on any atom is -0.309 e. The summed E-state index contributed by atoms with van der Waals surface area (Å²) >= 11 is 0. The van der Waals surface area contributed by atoms with Crippen molar-refractivity contribution in [2.45, 2.75) is 39.2 Å². The fraction of sp³-hybridized carbons (Fsp3) is 1.00. The Balaban J connectivity index is 2.57. The van der Waals surface area contributed by atoms with Gasteiger partial charge in [0.1, 0.15) is 0 Å². The molecule has 1 aliphatic heterocycles. The summed E-state index contributed by atoms with van der Waals surface area (Å²) in [5, 5.41) is 0. The Morgan fingerprint density at radius 1 is 1.39 bits per heavy atom. The summed E-state index contributed by atoms with van der Waals surface area (Å²) in [5.41, 5.74) is 0. The molecule has 2 N–H and O–H groups in total. The quantitative estimate of drug-likeness (QED) is 0.700. The van der Waals surface area contributed by atoms with Crippen molar-refractivity contribution in [1.29, 1.82) is 0 Å². The number of hydrogen-bond donors (Lipinski definition) is 2. The van der Waals surface area contributed by atoms with Gasteiger partial charge in [-0.15, -0.1) is 0 Å². The highest BCUT2D eigenvalue weighted by atomic mass is 32.3. The standard InChI is InChI=1S/C10H23O6PS/c1-3-6-14-17(11,8-4-2)16-10-5-7-15-18(12,13)9-10/h10,12-13H,3-9H2,1-2H3. The van der Waals surface area contributed by atoms with E-state index in [9.17, 15) is 13.7 Å². The maximum atomic E-state index is 12.4. The van der Waals surface area contributed by atoms with E-state index < -0.39 is 24.6 Å². The van der Waals surface area contributed by atoms with E-state index in [1.165, 1.54) is 0 Å². The second-order valence-electron chi connectivity index (χ2n) is 4.28. The van der Waals surface area contributed by atoms with Crippen LogP contribution in [0.5, 0.6) is 0 Å². The molecule has 2 atom stereocenters. The van der Waals surface area contributed by atoms with Crippen LogP contribution in [0.4, 0.5) is 0 Å². The first-order valence-electron chi connectivity index (χ1n) is 6.23. The smallest absolute Gasteiger partial charge is 0.309 e. The lowest BCUT2D eigenvalue weighted by atomic mass is 10.3. The van der Waals surface area contributed by atoms with Crippen molar-refractivity contribution in [3.8, 4) is 0 Å². The number of hydrogen-bond acceptors (Lipinski definition) is 6. The van der Waals surface area contributed by atoms with Crippen molar-refractivity contribution >= 4 is 18.5 Å². The summed E-state index contributed by atoms with van der Waals surface area (Å²) in [6.45, 7) is 4.42. The van der Waals surface area contributed by atoms with Crippen molar-refractivity contribution in [3.05, 3.63) is 0 Å². The molecule has 0 aromatic rings. The van der Waals surface area contributed by atoms with Gasteiger partial charge >= 0.3 is 7.60 Å². The van der Waals surface area contributed by atoms with Crippen LogP contribution in [0.2, 0.25) is 0 Å². The van der Waals surface area contributed by atoms with Crippen LogP contribution in [0.15, 0.2) is 0 Å². The zero-order valence-corrected chi connectivity index (χ0v) is 12.6. The van der Waals surface area contributed by atoms with Crippen LogP contribution in [-0.4, -0.2) is 40.3 Å². The van der Waals surface area contributed by atoms with Gasteiger partial charge in [0.05, 0.1) is 35.9 Å². The highest BCUT2D eigenvalue weighted by Crippen LogP contribution is 2.53. The maximum absolute atomic E-state index is 12.4. The zero-order valence-electron chi connectivity index (χ0n) is 10.9. The van der Waals surface area contributed by atoms with Crippen molar-refractivity contribution in [3.63, 3.8) is 0 Å². The molecule has 18 heavy (non-hydrogen) atoms. The Hall–Kier alpha value is 0.380. The van der Waals surface area contributed by atoms with E-state index in [1.54, 1.807) is 0 Å². The molecule has 0 aromatic heterocycles. The summed E-state index contributed by atoms with van der Waals surface area (Å²) in [7, 11) is -6.17. The van der Waals surface area contributed by atoms with Crippen molar-refractivity contribution in [1.82, 2.24) is 0 Å². The molecule has 1 fully saturated rings. The molecule has 1 saturated heterocycles. The molecule has 1 rings (SSSR count). The molecular weight excluding hydrogens is 279 g/mol. The van der Waals surface area contributed by atoms with Gasteiger partial charge in [0, 0.05) is 6.16 Å². The molecule has 8 heteroatoms. The molecule has 6 nitrogen and oxygen atoms in total. The summed E-state index contributed by atoms with van der Waals surface area (Å²) in [6, 6.07) is 0. The van der Waals surface area contributed by atoms with Crippen LogP contribution in [-0.2, 0) is 17.8 Å².